The monoisotopic (exact) mass is 576 g/mol. The third kappa shape index (κ3) is 9.57. The van der Waals surface area contributed by atoms with E-state index in [4.69, 9.17) is 10.5 Å². The summed E-state index contributed by atoms with van der Waals surface area (Å²) in [6.45, 7) is 0. The lowest BCUT2D eigenvalue weighted by Crippen LogP contribution is -1.87. The third-order valence-electron chi connectivity index (χ3n) is 4.64. The van der Waals surface area contributed by atoms with Gasteiger partial charge in [0.2, 0.25) is 0 Å². The van der Waals surface area contributed by atoms with E-state index in [1.807, 2.05) is 47.0 Å². The number of nitriles is 2. The Kier molecular flexibility index (Phi) is 14.3. The average Bonchev–Trinajstić information content (AvgIpc) is 3.39. The molecular weight excluding hydrogens is 549 g/mol. The van der Waals surface area contributed by atoms with Crippen molar-refractivity contribution in [3.63, 3.8) is 0 Å². The summed E-state index contributed by atoms with van der Waals surface area (Å²) in [6, 6.07) is 4.51. The number of rotatable bonds is 6. The van der Waals surface area contributed by atoms with E-state index in [0.717, 1.165) is 11.5 Å². The van der Waals surface area contributed by atoms with Gasteiger partial charge >= 0.3 is 0 Å². The van der Waals surface area contributed by atoms with Gasteiger partial charge in [0, 0.05) is 24.3 Å². The molecule has 174 valence electrons. The molecule has 0 unspecified atom stereocenters. The van der Waals surface area contributed by atoms with Crippen molar-refractivity contribution in [3.05, 3.63) is 25.4 Å². The first kappa shape index (κ1) is 27.6. The SMILES string of the molecule is N#CCCSC1=C(SCCC#N)SC(=C2SC3=C(SCCCCCCCCCCS3)S2)S1. The van der Waals surface area contributed by atoms with Crippen molar-refractivity contribution in [1.29, 1.82) is 10.5 Å². The summed E-state index contributed by atoms with van der Waals surface area (Å²) in [5, 5.41) is 17.8. The van der Waals surface area contributed by atoms with Crippen LogP contribution in [-0.4, -0.2) is 23.0 Å². The van der Waals surface area contributed by atoms with Gasteiger partial charge in [-0.25, -0.2) is 0 Å². The van der Waals surface area contributed by atoms with E-state index in [9.17, 15) is 0 Å². The highest BCUT2D eigenvalue weighted by molar-refractivity contribution is 8.45. The summed E-state index contributed by atoms with van der Waals surface area (Å²) in [6.07, 6.45) is 12.2. The molecule has 0 N–H and O–H groups in total. The van der Waals surface area contributed by atoms with Crippen molar-refractivity contribution in [2.24, 2.45) is 0 Å². The van der Waals surface area contributed by atoms with Gasteiger partial charge in [-0.2, -0.15) is 10.5 Å². The molecule has 3 heterocycles. The summed E-state index contributed by atoms with van der Waals surface area (Å²) < 4.78 is 8.51. The van der Waals surface area contributed by atoms with Crippen molar-refractivity contribution in [2.45, 2.75) is 64.2 Å². The van der Waals surface area contributed by atoms with E-state index >= 15 is 0 Å². The maximum absolute atomic E-state index is 8.92. The molecular formula is C22H28N2S8. The molecule has 0 spiro atoms. The van der Waals surface area contributed by atoms with Crippen LogP contribution >= 0.6 is 94.1 Å². The maximum atomic E-state index is 8.92. The number of nitrogens with zero attached hydrogens (tertiary/aromatic N) is 2. The van der Waals surface area contributed by atoms with E-state index < -0.39 is 0 Å². The fourth-order valence-corrected chi connectivity index (χ4v) is 15.0. The fourth-order valence-electron chi connectivity index (χ4n) is 3.04. The van der Waals surface area contributed by atoms with Crippen LogP contribution in [0.25, 0.3) is 0 Å². The van der Waals surface area contributed by atoms with E-state index in [1.165, 1.54) is 88.3 Å². The van der Waals surface area contributed by atoms with Crippen molar-refractivity contribution < 1.29 is 0 Å². The molecule has 0 aromatic carbocycles. The summed E-state index contributed by atoms with van der Waals surface area (Å²) in [4.78, 5) is 0. The van der Waals surface area contributed by atoms with Crippen LogP contribution in [-0.2, 0) is 0 Å². The molecule has 0 atom stereocenters. The second kappa shape index (κ2) is 16.6. The van der Waals surface area contributed by atoms with Gasteiger partial charge in [0.1, 0.15) is 0 Å². The molecule has 0 saturated carbocycles. The minimum atomic E-state index is 0.577. The molecule has 0 aromatic rings. The molecule has 32 heavy (non-hydrogen) atoms. The van der Waals surface area contributed by atoms with E-state index in [-0.39, 0.29) is 0 Å². The third-order valence-corrected chi connectivity index (χ3v) is 16.4. The molecule has 3 rings (SSSR count). The largest absolute Gasteiger partial charge is 0.198 e. The first-order valence-corrected chi connectivity index (χ1v) is 18.2. The van der Waals surface area contributed by atoms with Crippen LogP contribution < -0.4 is 0 Å². The first-order chi connectivity index (χ1) is 15.8. The van der Waals surface area contributed by atoms with Gasteiger partial charge in [-0.3, -0.25) is 0 Å². The fraction of sp³-hybridized carbons (Fsp3) is 0.636. The Morgan fingerprint density at radius 1 is 0.562 bits per heavy atom. The molecule has 0 bridgehead atoms. The normalized spacial score (nSPS) is 21.3. The molecule has 0 radical (unpaired) electrons. The van der Waals surface area contributed by atoms with Gasteiger partial charge in [-0.15, -0.1) is 47.0 Å². The quantitative estimate of drug-likeness (QED) is 0.285. The van der Waals surface area contributed by atoms with E-state index in [2.05, 4.69) is 35.7 Å². The van der Waals surface area contributed by atoms with Gasteiger partial charge in [-0.05, 0) is 24.3 Å². The highest BCUT2D eigenvalue weighted by Gasteiger charge is 2.30. The Morgan fingerprint density at radius 2 is 0.969 bits per heavy atom. The summed E-state index contributed by atoms with van der Waals surface area (Å²) in [7, 11) is 0. The first-order valence-electron chi connectivity index (χ1n) is 11.0. The number of hydrogen-bond acceptors (Lipinski definition) is 10. The van der Waals surface area contributed by atoms with Crippen LogP contribution in [0.2, 0.25) is 0 Å². The smallest absolute Gasteiger partial charge is 0.0717 e. The number of thioether (sulfide) groups is 8. The van der Waals surface area contributed by atoms with Crippen LogP contribution in [0.5, 0.6) is 0 Å². The van der Waals surface area contributed by atoms with Crippen molar-refractivity contribution in [2.75, 3.05) is 23.0 Å². The minimum Gasteiger partial charge on any atom is -0.198 e. The van der Waals surface area contributed by atoms with Crippen LogP contribution in [0.15, 0.2) is 25.4 Å². The summed E-state index contributed by atoms with van der Waals surface area (Å²) in [5.41, 5.74) is 0. The zero-order chi connectivity index (χ0) is 22.4. The molecule has 3 aliphatic heterocycles. The second-order valence-corrected chi connectivity index (χ2v) is 17.2. The topological polar surface area (TPSA) is 47.6 Å². The van der Waals surface area contributed by atoms with Gasteiger partial charge in [0.15, 0.2) is 0 Å². The van der Waals surface area contributed by atoms with Crippen molar-refractivity contribution >= 4 is 94.1 Å². The molecule has 0 aromatic heterocycles. The highest BCUT2D eigenvalue weighted by atomic mass is 32.3. The van der Waals surface area contributed by atoms with Crippen molar-refractivity contribution in [3.8, 4) is 12.1 Å². The summed E-state index contributed by atoms with van der Waals surface area (Å²) in [5.74, 6) is 4.15. The van der Waals surface area contributed by atoms with Crippen LogP contribution in [0, 0.1) is 22.7 Å². The Labute approximate surface area is 227 Å². The molecule has 10 heteroatoms. The lowest BCUT2D eigenvalue weighted by atomic mass is 10.1. The summed E-state index contributed by atoms with van der Waals surface area (Å²) >= 11 is 15.5. The Bertz CT molecular complexity index is 744. The standard InChI is InChI=1S/C22H28N2S8/c23-11-9-15-27-19-20(28-16-10-12-24)32-22(31-19)21-29-17-18(30-21)26-14-8-6-4-2-1-3-5-7-13-25-17/h1-10,13-16H2. The van der Waals surface area contributed by atoms with Gasteiger partial charge in [0.25, 0.3) is 0 Å². The van der Waals surface area contributed by atoms with Crippen LogP contribution in [0.3, 0.4) is 0 Å². The molecule has 0 amide bonds. The predicted molar refractivity (Wildman–Crippen MR) is 159 cm³/mol. The predicted octanol–water partition coefficient (Wildman–Crippen LogP) is 10.2. The lowest BCUT2D eigenvalue weighted by molar-refractivity contribution is 0.588. The van der Waals surface area contributed by atoms with Gasteiger partial charge in [0.05, 0.1) is 37.6 Å². The van der Waals surface area contributed by atoms with Crippen LogP contribution in [0.1, 0.15) is 64.2 Å². The Hall–Kier alpha value is 1.000. The number of hydrogen-bond donors (Lipinski definition) is 0. The lowest BCUT2D eigenvalue weighted by Gasteiger charge is -2.07. The van der Waals surface area contributed by atoms with Crippen molar-refractivity contribution in [1.82, 2.24) is 0 Å². The maximum Gasteiger partial charge on any atom is 0.0717 e. The van der Waals surface area contributed by atoms with Crippen LogP contribution in [0.4, 0.5) is 0 Å². The zero-order valence-corrected chi connectivity index (χ0v) is 24.6. The minimum absolute atomic E-state index is 0.577. The average molecular weight is 577 g/mol. The Balaban J connectivity index is 1.64. The van der Waals surface area contributed by atoms with Gasteiger partial charge < -0.3 is 0 Å². The molecule has 0 saturated heterocycles. The van der Waals surface area contributed by atoms with Gasteiger partial charge in [-0.1, -0.05) is 85.6 Å². The van der Waals surface area contributed by atoms with E-state index in [0.29, 0.717) is 12.8 Å². The molecule has 0 fully saturated rings. The Morgan fingerprint density at radius 3 is 1.41 bits per heavy atom. The molecule has 0 aliphatic carbocycles. The van der Waals surface area contributed by atoms with E-state index in [1.54, 1.807) is 23.5 Å². The molecule has 2 nitrogen and oxygen atoms in total. The zero-order valence-electron chi connectivity index (χ0n) is 18.1. The highest BCUT2D eigenvalue weighted by Crippen LogP contribution is 2.66. The second-order valence-electron chi connectivity index (χ2n) is 7.17. The molecule has 3 aliphatic rings.